The van der Waals surface area contributed by atoms with Crippen LogP contribution in [0.2, 0.25) is 0 Å². The van der Waals surface area contributed by atoms with Crippen molar-refractivity contribution < 1.29 is 64.6 Å². The van der Waals surface area contributed by atoms with Crippen molar-refractivity contribution in [3.63, 3.8) is 0 Å². The molecule has 2 rings (SSSR count). The molecule has 0 aromatic rings. The van der Waals surface area contributed by atoms with Crippen LogP contribution in [0.4, 0.5) is 0 Å². The highest BCUT2D eigenvalue weighted by molar-refractivity contribution is 5.76. The number of hydrogen-bond acceptors (Lipinski definition) is 13. The molecule has 2 heterocycles. The number of unbranched alkanes of at least 4 members (excludes halogenated alkanes) is 14. The zero-order valence-corrected chi connectivity index (χ0v) is 40.2. The minimum atomic E-state index is -1.79. The number of carbonyl (C=O) groups excluding carboxylic acids is 1. The third-order valence-electron chi connectivity index (χ3n) is 11.9. The average molecular weight is 936 g/mol. The van der Waals surface area contributed by atoms with Crippen LogP contribution in [0.5, 0.6) is 0 Å². The third-order valence-corrected chi connectivity index (χ3v) is 11.9. The Kier molecular flexibility index (Phi) is 34.6. The molecule has 2 saturated heterocycles. The summed E-state index contributed by atoms with van der Waals surface area (Å²) in [6, 6.07) is -0.913. The fourth-order valence-corrected chi connectivity index (χ4v) is 7.79. The minimum absolute atomic E-state index is 0.257. The second kappa shape index (κ2) is 38.3. The molecule has 380 valence electrons. The molecule has 0 aliphatic carbocycles. The SMILES string of the molecule is CC/C=C\C/C=C\C/C=C\C/C=C\C/C=C\CCCCCCCCCCCCCCCC(=O)NC(COC1OC(CO)C(OC2OC(CO)C(O)C(O)C2O)C(O)C1O)C(O)/C=C/CCC. The zero-order chi connectivity index (χ0) is 48.2. The number of ether oxygens (including phenoxy) is 4. The van der Waals surface area contributed by atoms with Gasteiger partial charge in [0.15, 0.2) is 12.6 Å². The first-order chi connectivity index (χ1) is 32.1. The van der Waals surface area contributed by atoms with E-state index in [0.717, 1.165) is 70.6 Å². The average Bonchev–Trinajstić information content (AvgIpc) is 3.31. The molecule has 14 heteroatoms. The van der Waals surface area contributed by atoms with Crippen molar-refractivity contribution in [2.24, 2.45) is 0 Å². The molecule has 66 heavy (non-hydrogen) atoms. The molecular weight excluding hydrogens is 847 g/mol. The van der Waals surface area contributed by atoms with E-state index in [-0.39, 0.29) is 18.9 Å². The topological polar surface area (TPSA) is 228 Å². The first-order valence-electron chi connectivity index (χ1n) is 25.2. The fraction of sp³-hybridized carbons (Fsp3) is 0.750. The number of carbonyl (C=O) groups is 1. The molecule has 12 unspecified atom stereocenters. The highest BCUT2D eigenvalue weighted by Crippen LogP contribution is 2.30. The van der Waals surface area contributed by atoms with Crippen LogP contribution in [0, 0.1) is 0 Å². The van der Waals surface area contributed by atoms with Gasteiger partial charge < -0.3 is 65.1 Å². The Balaban J connectivity index is 1.58. The Morgan fingerprint density at radius 3 is 1.58 bits per heavy atom. The molecule has 0 aromatic carbocycles. The van der Waals surface area contributed by atoms with Crippen molar-refractivity contribution >= 4 is 5.91 Å². The lowest BCUT2D eigenvalue weighted by atomic mass is 9.97. The van der Waals surface area contributed by atoms with Gasteiger partial charge in [-0.05, 0) is 57.8 Å². The van der Waals surface area contributed by atoms with E-state index in [9.17, 15) is 45.6 Å². The molecule has 0 spiro atoms. The number of rotatable bonds is 37. The second-order valence-electron chi connectivity index (χ2n) is 17.6. The normalized spacial score (nSPS) is 27.4. The number of aliphatic hydroxyl groups is 8. The minimum Gasteiger partial charge on any atom is -0.394 e. The summed E-state index contributed by atoms with van der Waals surface area (Å²) in [6.45, 7) is 2.42. The van der Waals surface area contributed by atoms with Gasteiger partial charge in [0.05, 0.1) is 32.0 Å². The summed E-state index contributed by atoms with van der Waals surface area (Å²) in [4.78, 5) is 13.0. The van der Waals surface area contributed by atoms with Gasteiger partial charge >= 0.3 is 0 Å². The molecule has 2 fully saturated rings. The maximum absolute atomic E-state index is 13.0. The lowest BCUT2D eigenvalue weighted by Gasteiger charge is -2.46. The van der Waals surface area contributed by atoms with Gasteiger partial charge in [-0.25, -0.2) is 0 Å². The van der Waals surface area contributed by atoms with E-state index in [4.69, 9.17) is 18.9 Å². The molecule has 2 aliphatic heterocycles. The summed E-state index contributed by atoms with van der Waals surface area (Å²) >= 11 is 0. The van der Waals surface area contributed by atoms with Crippen molar-refractivity contribution in [3.8, 4) is 0 Å². The number of hydrogen-bond donors (Lipinski definition) is 9. The fourth-order valence-electron chi connectivity index (χ4n) is 7.79. The van der Waals surface area contributed by atoms with Crippen molar-refractivity contribution in [1.29, 1.82) is 0 Å². The smallest absolute Gasteiger partial charge is 0.220 e. The van der Waals surface area contributed by atoms with Crippen molar-refractivity contribution in [1.82, 2.24) is 5.32 Å². The van der Waals surface area contributed by atoms with Gasteiger partial charge in [-0.3, -0.25) is 4.79 Å². The van der Waals surface area contributed by atoms with Crippen molar-refractivity contribution in [3.05, 3.63) is 72.9 Å². The van der Waals surface area contributed by atoms with Crippen LogP contribution in [-0.4, -0.2) is 140 Å². The quantitative estimate of drug-likeness (QED) is 0.0242. The largest absolute Gasteiger partial charge is 0.394 e. The Bertz CT molecular complexity index is 1380. The highest BCUT2D eigenvalue weighted by Gasteiger charge is 2.51. The van der Waals surface area contributed by atoms with Crippen LogP contribution in [0.15, 0.2) is 72.9 Å². The summed E-state index contributed by atoms with van der Waals surface area (Å²) in [5.74, 6) is -0.257. The lowest BCUT2D eigenvalue weighted by molar-refractivity contribution is -0.359. The van der Waals surface area contributed by atoms with E-state index in [1.165, 1.54) is 57.8 Å². The maximum Gasteiger partial charge on any atom is 0.220 e. The summed E-state index contributed by atoms with van der Waals surface area (Å²) in [5, 5.41) is 85.8. The van der Waals surface area contributed by atoms with Gasteiger partial charge in [-0.1, -0.05) is 164 Å². The third kappa shape index (κ3) is 25.2. The van der Waals surface area contributed by atoms with E-state index in [1.54, 1.807) is 12.2 Å². The van der Waals surface area contributed by atoms with Gasteiger partial charge in [0.25, 0.3) is 0 Å². The zero-order valence-electron chi connectivity index (χ0n) is 40.2. The van der Waals surface area contributed by atoms with E-state index < -0.39 is 86.8 Å². The molecular formula is C52H89NO13. The molecule has 1 amide bonds. The number of amides is 1. The van der Waals surface area contributed by atoms with Crippen LogP contribution < -0.4 is 5.32 Å². The first kappa shape index (κ1) is 59.6. The Morgan fingerprint density at radius 1 is 0.561 bits per heavy atom. The first-order valence-corrected chi connectivity index (χ1v) is 25.2. The summed E-state index contributed by atoms with van der Waals surface area (Å²) < 4.78 is 22.5. The van der Waals surface area contributed by atoms with Gasteiger partial charge in [0, 0.05) is 6.42 Å². The van der Waals surface area contributed by atoms with Gasteiger partial charge in [0.2, 0.25) is 5.91 Å². The van der Waals surface area contributed by atoms with Crippen LogP contribution >= 0.6 is 0 Å². The standard InChI is InChI=1S/C52H89NO13/c1-3-5-7-8-9-10-11-12-13-14-15-16-17-18-19-20-21-22-23-24-25-26-27-28-29-30-31-32-34-36-44(57)53-40(41(56)35-33-6-4-2)39-63-51-49(62)47(60)50(43(38-55)65-51)66-52-48(61)46(59)45(58)42(37-54)64-52/h5,7,9-10,12-13,15-16,18-19,33,35,40-43,45-52,54-56,58-62H,3-4,6,8,11,14,17,20-32,34,36-39H2,1-2H3,(H,53,57)/b7-5-,10-9-,13-12-,16-15-,19-18-,35-33+. The summed E-state index contributed by atoms with van der Waals surface area (Å²) in [6.07, 6.45) is 32.2. The van der Waals surface area contributed by atoms with Gasteiger partial charge in [0.1, 0.15) is 48.8 Å². The maximum atomic E-state index is 13.0. The molecule has 14 nitrogen and oxygen atoms in total. The summed E-state index contributed by atoms with van der Waals surface area (Å²) in [5.41, 5.74) is 0. The van der Waals surface area contributed by atoms with E-state index in [1.807, 2.05) is 6.92 Å². The lowest BCUT2D eigenvalue weighted by Crippen LogP contribution is -2.65. The van der Waals surface area contributed by atoms with Crippen molar-refractivity contribution in [2.45, 2.75) is 229 Å². The second-order valence-corrected chi connectivity index (χ2v) is 17.6. The monoisotopic (exact) mass is 936 g/mol. The van der Waals surface area contributed by atoms with Crippen LogP contribution in [0.25, 0.3) is 0 Å². The molecule has 2 aliphatic rings. The van der Waals surface area contributed by atoms with Crippen LogP contribution in [0.1, 0.15) is 155 Å². The summed E-state index contributed by atoms with van der Waals surface area (Å²) in [7, 11) is 0. The van der Waals surface area contributed by atoms with Crippen LogP contribution in [-0.2, 0) is 23.7 Å². The van der Waals surface area contributed by atoms with E-state index in [0.29, 0.717) is 6.42 Å². The molecule has 0 bridgehead atoms. The molecule has 12 atom stereocenters. The molecule has 0 aromatic heterocycles. The Morgan fingerprint density at radius 2 is 1.05 bits per heavy atom. The highest BCUT2D eigenvalue weighted by atomic mass is 16.7. The molecule has 0 saturated carbocycles. The molecule has 0 radical (unpaired) electrons. The predicted molar refractivity (Wildman–Crippen MR) is 258 cm³/mol. The van der Waals surface area contributed by atoms with Crippen molar-refractivity contribution in [2.75, 3.05) is 19.8 Å². The number of allylic oxidation sites excluding steroid dienone is 11. The Hall–Kier alpha value is -2.57. The van der Waals surface area contributed by atoms with Crippen LogP contribution in [0.3, 0.4) is 0 Å². The predicted octanol–water partition coefficient (Wildman–Crippen LogP) is 6.43. The number of nitrogens with one attached hydrogen (secondary N) is 1. The Labute approximate surface area is 396 Å². The number of aliphatic hydroxyl groups excluding tert-OH is 8. The van der Waals surface area contributed by atoms with Gasteiger partial charge in [-0.15, -0.1) is 0 Å². The van der Waals surface area contributed by atoms with Gasteiger partial charge in [-0.2, -0.15) is 0 Å². The van der Waals surface area contributed by atoms with E-state index >= 15 is 0 Å². The van der Waals surface area contributed by atoms with E-state index in [2.05, 4.69) is 73.0 Å². The molecule has 9 N–H and O–H groups in total.